The molecule has 0 fully saturated rings. The maximum Gasteiger partial charge on any atom is 0.266 e. The molecule has 3 N–H and O–H groups in total. The zero-order chi connectivity index (χ0) is 30.5. The summed E-state index contributed by atoms with van der Waals surface area (Å²) in [4.78, 5) is 24.3. The Labute approximate surface area is 252 Å². The molecule has 43 heavy (non-hydrogen) atoms. The lowest BCUT2D eigenvalue weighted by atomic mass is 9.81. The number of nitrogens with zero attached hydrogens (tertiary/aromatic N) is 5. The minimum Gasteiger partial charge on any atom is -0.494 e. The summed E-state index contributed by atoms with van der Waals surface area (Å²) < 4.78 is 12.2. The number of carbonyl (C=O) groups is 1. The largest absolute Gasteiger partial charge is 0.494 e. The lowest BCUT2D eigenvalue weighted by Crippen LogP contribution is -2.54. The highest BCUT2D eigenvalue weighted by atomic mass is 16.5. The van der Waals surface area contributed by atoms with Gasteiger partial charge < -0.3 is 19.5 Å². The Balaban J connectivity index is 1.74. The van der Waals surface area contributed by atoms with Gasteiger partial charge in [-0.3, -0.25) is 10.2 Å². The van der Waals surface area contributed by atoms with Gasteiger partial charge in [-0.15, -0.1) is 0 Å². The first kappa shape index (κ1) is 31.5. The molecule has 11 nitrogen and oxygen atoms in total. The van der Waals surface area contributed by atoms with Gasteiger partial charge in [-0.1, -0.05) is 59.7 Å². The zero-order valence-corrected chi connectivity index (χ0v) is 24.6. The Kier molecular flexibility index (Phi) is 11.5. The van der Waals surface area contributed by atoms with Crippen LogP contribution >= 0.6 is 0 Å². The van der Waals surface area contributed by atoms with Crippen LogP contribution in [-0.4, -0.2) is 67.7 Å². The number of aliphatic hydroxyl groups excluding tert-OH is 1. The molecule has 1 aliphatic rings. The number of hydrogen-bond acceptors (Lipinski definition) is 8. The van der Waals surface area contributed by atoms with Crippen LogP contribution in [0.3, 0.4) is 0 Å². The first-order chi connectivity index (χ1) is 21.0. The number of azide groups is 1. The molecule has 0 saturated carbocycles. The van der Waals surface area contributed by atoms with Crippen molar-refractivity contribution < 1.29 is 19.4 Å². The normalized spacial score (nSPS) is 17.6. The molecule has 3 aromatic rings. The van der Waals surface area contributed by atoms with Crippen molar-refractivity contribution in [3.05, 3.63) is 112 Å². The lowest BCUT2D eigenvalue weighted by molar-refractivity contribution is -0.130. The average Bonchev–Trinajstić information content (AvgIpc) is 3.41. The van der Waals surface area contributed by atoms with Gasteiger partial charge >= 0.3 is 0 Å². The molecule has 4 rings (SSSR count). The van der Waals surface area contributed by atoms with Crippen molar-refractivity contribution in [3.63, 3.8) is 0 Å². The number of amides is 1. The van der Waals surface area contributed by atoms with E-state index in [2.05, 4.69) is 25.8 Å². The summed E-state index contributed by atoms with van der Waals surface area (Å²) >= 11 is 0. The van der Waals surface area contributed by atoms with Crippen LogP contribution in [0.2, 0.25) is 0 Å². The highest BCUT2D eigenvalue weighted by molar-refractivity contribution is 6.01. The predicted octanol–water partition coefficient (Wildman–Crippen LogP) is 4.33. The smallest absolute Gasteiger partial charge is 0.266 e. The number of aliphatic imine (C=N–C) groups is 1. The average molecular weight is 586 g/mol. The molecule has 11 heteroatoms. The molecule has 2 atom stereocenters. The minimum absolute atomic E-state index is 0.0598. The Morgan fingerprint density at radius 1 is 1.07 bits per heavy atom. The number of hydrazine groups is 1. The van der Waals surface area contributed by atoms with Gasteiger partial charge in [0, 0.05) is 36.5 Å². The summed E-state index contributed by atoms with van der Waals surface area (Å²) in [6, 6.07) is 24.5. The topological polar surface area (TPSA) is 144 Å². The summed E-state index contributed by atoms with van der Waals surface area (Å²) in [5.74, 6) is 0.670. The second-order valence-electron chi connectivity index (χ2n) is 10.6. The van der Waals surface area contributed by atoms with E-state index in [1.54, 1.807) is 0 Å². The molecule has 1 aliphatic heterocycles. The molecule has 0 unspecified atom stereocenters. The monoisotopic (exact) mass is 585 g/mol. The van der Waals surface area contributed by atoms with Gasteiger partial charge in [-0.25, -0.2) is 10.4 Å². The molecule has 1 amide bonds. The SMILES string of the molecule is CN(C)CCCNNC(=O)[C@@]1(Cc2ccccc2CN=[N+]=[N-])N=C(c2ccc(OCCCO)cc2)O[C@H]1c1ccccc1. The van der Waals surface area contributed by atoms with Crippen LogP contribution in [0.1, 0.15) is 41.2 Å². The van der Waals surface area contributed by atoms with Crippen LogP contribution in [0.5, 0.6) is 5.75 Å². The Hall–Kier alpha value is -4.41. The first-order valence-electron chi connectivity index (χ1n) is 14.4. The number of ether oxygens (including phenoxy) is 2. The van der Waals surface area contributed by atoms with E-state index in [9.17, 15) is 4.79 Å². The van der Waals surface area contributed by atoms with Gasteiger partial charge in [0.2, 0.25) is 5.90 Å². The number of aliphatic hydroxyl groups is 1. The molecule has 0 radical (unpaired) electrons. The van der Waals surface area contributed by atoms with Gasteiger partial charge in [-0.2, -0.15) is 0 Å². The molecule has 0 saturated heterocycles. The Morgan fingerprint density at radius 2 is 1.79 bits per heavy atom. The number of nitrogens with one attached hydrogen (secondary N) is 2. The quantitative estimate of drug-likeness (QED) is 0.0751. The molecule has 0 aromatic heterocycles. The van der Waals surface area contributed by atoms with Crippen molar-refractivity contribution in [3.8, 4) is 5.75 Å². The van der Waals surface area contributed by atoms with Gasteiger partial charge in [0.05, 0.1) is 13.2 Å². The van der Waals surface area contributed by atoms with Gasteiger partial charge in [0.25, 0.3) is 5.91 Å². The van der Waals surface area contributed by atoms with Crippen molar-refractivity contribution in [2.75, 3.05) is 40.4 Å². The summed E-state index contributed by atoms with van der Waals surface area (Å²) in [5, 5.41) is 12.8. The highest BCUT2D eigenvalue weighted by Gasteiger charge is 2.53. The molecule has 0 bridgehead atoms. The minimum atomic E-state index is -1.38. The summed E-state index contributed by atoms with van der Waals surface area (Å²) in [6.45, 7) is 2.07. The third-order valence-electron chi connectivity index (χ3n) is 7.12. The van der Waals surface area contributed by atoms with Crippen LogP contribution in [0.4, 0.5) is 0 Å². The van der Waals surface area contributed by atoms with E-state index in [4.69, 9.17) is 25.1 Å². The van der Waals surface area contributed by atoms with Crippen LogP contribution in [-0.2, 0) is 22.5 Å². The molecular weight excluding hydrogens is 546 g/mol. The lowest BCUT2D eigenvalue weighted by Gasteiger charge is -2.31. The fourth-order valence-corrected chi connectivity index (χ4v) is 4.93. The molecule has 0 spiro atoms. The molecule has 3 aromatic carbocycles. The van der Waals surface area contributed by atoms with Crippen LogP contribution in [0.15, 0.2) is 89.0 Å². The molecular formula is C32H39N7O4. The van der Waals surface area contributed by atoms with Gasteiger partial charge in [-0.05, 0) is 73.5 Å². The Morgan fingerprint density at radius 3 is 2.49 bits per heavy atom. The fraction of sp³-hybridized carbons (Fsp3) is 0.375. The number of rotatable bonds is 16. The van der Waals surface area contributed by atoms with E-state index < -0.39 is 11.6 Å². The van der Waals surface area contributed by atoms with Gasteiger partial charge in [0.1, 0.15) is 5.75 Å². The highest BCUT2D eigenvalue weighted by Crippen LogP contribution is 2.43. The summed E-state index contributed by atoms with van der Waals surface area (Å²) in [7, 11) is 4.01. The maximum absolute atomic E-state index is 14.3. The predicted molar refractivity (Wildman–Crippen MR) is 165 cm³/mol. The van der Waals surface area contributed by atoms with Crippen molar-refractivity contribution in [2.45, 2.75) is 37.5 Å². The third-order valence-corrected chi connectivity index (χ3v) is 7.12. The first-order valence-corrected chi connectivity index (χ1v) is 14.4. The number of carbonyl (C=O) groups excluding carboxylic acids is 1. The van der Waals surface area contributed by atoms with Crippen LogP contribution < -0.4 is 15.6 Å². The van der Waals surface area contributed by atoms with E-state index in [-0.39, 0.29) is 25.5 Å². The Bertz CT molecular complexity index is 1410. The van der Waals surface area contributed by atoms with Crippen molar-refractivity contribution in [1.82, 2.24) is 15.8 Å². The van der Waals surface area contributed by atoms with E-state index in [1.807, 2.05) is 93.0 Å². The van der Waals surface area contributed by atoms with Crippen molar-refractivity contribution in [1.29, 1.82) is 0 Å². The van der Waals surface area contributed by atoms with Crippen LogP contribution in [0.25, 0.3) is 10.4 Å². The maximum atomic E-state index is 14.3. The standard InChI is InChI=1S/C32H39N7O4/c1-39(2)19-8-18-34-37-31(41)32(22-26-12-6-7-13-27(26)23-35-38-33)29(24-10-4-3-5-11-24)43-30(36-32)25-14-16-28(17-15-25)42-21-9-20-40/h3-7,10-17,29,34,40H,8-9,18-23H2,1-2H3,(H,37,41)/t29-,32-/m0/s1. The van der Waals surface area contributed by atoms with Crippen LogP contribution in [0, 0.1) is 0 Å². The summed E-state index contributed by atoms with van der Waals surface area (Å²) in [6.07, 6.45) is 0.856. The van der Waals surface area contributed by atoms with Crippen molar-refractivity contribution in [2.24, 2.45) is 10.1 Å². The number of benzene rings is 3. The van der Waals surface area contributed by atoms with Crippen molar-refractivity contribution >= 4 is 11.8 Å². The molecule has 226 valence electrons. The summed E-state index contributed by atoms with van der Waals surface area (Å²) in [5.41, 5.74) is 16.7. The molecule has 0 aliphatic carbocycles. The van der Waals surface area contributed by atoms with E-state index in [1.165, 1.54) is 0 Å². The van der Waals surface area contributed by atoms with E-state index in [0.717, 1.165) is 29.7 Å². The number of hydrogen-bond donors (Lipinski definition) is 3. The van der Waals surface area contributed by atoms with Gasteiger partial charge in [0.15, 0.2) is 11.6 Å². The second kappa shape index (κ2) is 15.7. The third kappa shape index (κ3) is 8.33. The van der Waals surface area contributed by atoms with E-state index >= 15 is 0 Å². The molecule has 1 heterocycles. The van der Waals surface area contributed by atoms with E-state index in [0.29, 0.717) is 36.8 Å². The second-order valence-corrected chi connectivity index (χ2v) is 10.6. The fourth-order valence-electron chi connectivity index (χ4n) is 4.93. The zero-order valence-electron chi connectivity index (χ0n) is 24.6.